The van der Waals surface area contributed by atoms with Gasteiger partial charge in [0.1, 0.15) is 5.78 Å². The number of ketones is 1. The first-order valence-corrected chi connectivity index (χ1v) is 11.4. The Hall–Kier alpha value is -1.16. The van der Waals surface area contributed by atoms with E-state index in [0.717, 1.165) is 51.1 Å². The number of Topliss-reactive ketones (excluding diaryl/α,β-unsaturated/α-hetero) is 1. The number of aromatic nitrogens is 2. The van der Waals surface area contributed by atoms with Crippen LogP contribution in [0.4, 0.5) is 0 Å². The third-order valence-electron chi connectivity index (χ3n) is 6.09. The molecule has 4 heteroatoms. The molecule has 1 aromatic rings. The first kappa shape index (κ1) is 22.1. The van der Waals surface area contributed by atoms with Gasteiger partial charge in [-0.2, -0.15) is 5.10 Å². The van der Waals surface area contributed by atoms with Crippen molar-refractivity contribution in [3.63, 3.8) is 0 Å². The summed E-state index contributed by atoms with van der Waals surface area (Å²) in [4.78, 5) is 14.3. The average molecular weight is 376 g/mol. The molecule has 1 fully saturated rings. The summed E-state index contributed by atoms with van der Waals surface area (Å²) < 4.78 is 2.17. The molecule has 0 saturated carbocycles. The Labute approximate surface area is 166 Å². The summed E-state index contributed by atoms with van der Waals surface area (Å²) in [6.07, 6.45) is 15.3. The fraction of sp³-hybridized carbons (Fsp3) is 0.826. The van der Waals surface area contributed by atoms with Crippen molar-refractivity contribution >= 4 is 5.78 Å². The molecule has 1 atom stereocenters. The topological polar surface area (TPSA) is 38.1 Å². The normalized spacial score (nSPS) is 17.3. The molecule has 0 aliphatic carbocycles. The predicted molar refractivity (Wildman–Crippen MR) is 113 cm³/mol. The van der Waals surface area contributed by atoms with Crippen molar-refractivity contribution in [3.8, 4) is 0 Å². The molecule has 0 amide bonds. The van der Waals surface area contributed by atoms with E-state index in [-0.39, 0.29) is 0 Å². The number of carbonyl (C=O) groups is 1. The zero-order valence-corrected chi connectivity index (χ0v) is 18.0. The van der Waals surface area contributed by atoms with Crippen LogP contribution in [0.3, 0.4) is 0 Å². The number of hydrogen-bond donors (Lipinski definition) is 0. The minimum atomic E-state index is 0.461. The Morgan fingerprint density at radius 1 is 1.15 bits per heavy atom. The number of likely N-dealkylation sites (tertiary alicyclic amines) is 1. The summed E-state index contributed by atoms with van der Waals surface area (Å²) in [5.41, 5.74) is 1.39. The van der Waals surface area contributed by atoms with Crippen molar-refractivity contribution in [3.05, 3.63) is 18.0 Å². The maximum atomic E-state index is 11.7. The molecule has 0 spiro atoms. The quantitative estimate of drug-likeness (QED) is 0.432. The molecule has 2 rings (SSSR count). The van der Waals surface area contributed by atoms with Crippen LogP contribution >= 0.6 is 0 Å². The van der Waals surface area contributed by atoms with Gasteiger partial charge in [-0.05, 0) is 75.6 Å². The second kappa shape index (κ2) is 12.3. The van der Waals surface area contributed by atoms with Crippen LogP contribution in [0.2, 0.25) is 0 Å². The van der Waals surface area contributed by atoms with Crippen LogP contribution in [0.5, 0.6) is 0 Å². The van der Waals surface area contributed by atoms with E-state index in [1.54, 1.807) is 0 Å². The van der Waals surface area contributed by atoms with E-state index in [1.807, 2.05) is 0 Å². The van der Waals surface area contributed by atoms with E-state index in [4.69, 9.17) is 0 Å². The van der Waals surface area contributed by atoms with Gasteiger partial charge in [-0.15, -0.1) is 0 Å². The summed E-state index contributed by atoms with van der Waals surface area (Å²) in [6, 6.07) is 0. The second-order valence-electron chi connectivity index (χ2n) is 8.57. The molecule has 0 radical (unpaired) electrons. The van der Waals surface area contributed by atoms with Crippen LogP contribution in [-0.2, 0) is 11.3 Å². The molecular formula is C23H41N3O. The first-order valence-electron chi connectivity index (χ1n) is 11.4. The number of hydrogen-bond acceptors (Lipinski definition) is 3. The SMILES string of the molecule is CCCCC(=O)CCCCN1CCC(Cn2cc(C(C)CCC)cn2)CC1. The van der Waals surface area contributed by atoms with Crippen LogP contribution < -0.4 is 0 Å². The summed E-state index contributed by atoms with van der Waals surface area (Å²) in [5.74, 6) is 1.84. The Bertz CT molecular complexity index is 531. The van der Waals surface area contributed by atoms with Crippen LogP contribution in [0.15, 0.2) is 12.4 Å². The molecule has 1 aliphatic heterocycles. The van der Waals surface area contributed by atoms with Gasteiger partial charge < -0.3 is 4.90 Å². The van der Waals surface area contributed by atoms with E-state index < -0.39 is 0 Å². The van der Waals surface area contributed by atoms with Crippen LogP contribution in [0.1, 0.15) is 96.5 Å². The molecule has 0 aromatic carbocycles. The maximum Gasteiger partial charge on any atom is 0.132 e. The molecule has 2 heterocycles. The number of piperidine rings is 1. The van der Waals surface area contributed by atoms with Gasteiger partial charge >= 0.3 is 0 Å². The molecule has 0 bridgehead atoms. The first-order chi connectivity index (χ1) is 13.1. The van der Waals surface area contributed by atoms with E-state index >= 15 is 0 Å². The third-order valence-corrected chi connectivity index (χ3v) is 6.09. The van der Waals surface area contributed by atoms with Gasteiger partial charge in [-0.3, -0.25) is 9.48 Å². The van der Waals surface area contributed by atoms with Crippen molar-refractivity contribution in [1.82, 2.24) is 14.7 Å². The van der Waals surface area contributed by atoms with Gasteiger partial charge in [0, 0.05) is 25.6 Å². The molecule has 1 saturated heterocycles. The van der Waals surface area contributed by atoms with Crippen molar-refractivity contribution in [2.45, 2.75) is 97.4 Å². The molecular weight excluding hydrogens is 334 g/mol. The van der Waals surface area contributed by atoms with Gasteiger partial charge in [0.05, 0.1) is 6.20 Å². The fourth-order valence-electron chi connectivity index (χ4n) is 4.15. The van der Waals surface area contributed by atoms with E-state index in [9.17, 15) is 4.79 Å². The van der Waals surface area contributed by atoms with Gasteiger partial charge in [0.2, 0.25) is 0 Å². The summed E-state index contributed by atoms with van der Waals surface area (Å²) in [6.45, 7) is 11.3. The lowest BCUT2D eigenvalue weighted by Crippen LogP contribution is -2.35. The number of carbonyl (C=O) groups excluding carboxylic acids is 1. The minimum absolute atomic E-state index is 0.461. The second-order valence-corrected chi connectivity index (χ2v) is 8.57. The van der Waals surface area contributed by atoms with Gasteiger partial charge in [0.15, 0.2) is 0 Å². The zero-order valence-electron chi connectivity index (χ0n) is 18.0. The number of rotatable bonds is 13. The van der Waals surface area contributed by atoms with Crippen LogP contribution in [0, 0.1) is 5.92 Å². The lowest BCUT2D eigenvalue weighted by Gasteiger charge is -2.31. The highest BCUT2D eigenvalue weighted by atomic mass is 16.1. The van der Waals surface area contributed by atoms with Crippen molar-refractivity contribution in [1.29, 1.82) is 0 Å². The molecule has 0 N–H and O–H groups in total. The molecule has 4 nitrogen and oxygen atoms in total. The van der Waals surface area contributed by atoms with Crippen molar-refractivity contribution < 1.29 is 4.79 Å². The van der Waals surface area contributed by atoms with Gasteiger partial charge in [-0.1, -0.05) is 33.6 Å². The predicted octanol–water partition coefficient (Wildman–Crippen LogP) is 5.43. The van der Waals surface area contributed by atoms with E-state index in [0.29, 0.717) is 11.7 Å². The Balaban J connectivity index is 1.59. The Kier molecular flexibility index (Phi) is 10.1. The third kappa shape index (κ3) is 8.16. The number of nitrogens with zero attached hydrogens (tertiary/aromatic N) is 3. The zero-order chi connectivity index (χ0) is 19.5. The van der Waals surface area contributed by atoms with Crippen molar-refractivity contribution in [2.75, 3.05) is 19.6 Å². The van der Waals surface area contributed by atoms with Gasteiger partial charge in [-0.25, -0.2) is 0 Å². The molecule has 1 unspecified atom stereocenters. The smallest absolute Gasteiger partial charge is 0.132 e. The van der Waals surface area contributed by atoms with Crippen LogP contribution in [-0.4, -0.2) is 40.1 Å². The highest BCUT2D eigenvalue weighted by Gasteiger charge is 2.20. The lowest BCUT2D eigenvalue weighted by atomic mass is 9.96. The maximum absolute atomic E-state index is 11.7. The Morgan fingerprint density at radius 3 is 2.59 bits per heavy atom. The summed E-state index contributed by atoms with van der Waals surface area (Å²) in [5, 5.41) is 4.60. The molecule has 1 aromatic heterocycles. The van der Waals surface area contributed by atoms with Gasteiger partial charge in [0.25, 0.3) is 0 Å². The standard InChI is InChI=1S/C23H41N3O/c1-4-6-10-23(27)11-7-8-14-25-15-12-21(13-16-25)18-26-19-22(17-24-26)20(3)9-5-2/h17,19-21H,4-16,18H2,1-3H3. The monoisotopic (exact) mass is 375 g/mol. The average Bonchev–Trinajstić information content (AvgIpc) is 3.13. The fourth-order valence-corrected chi connectivity index (χ4v) is 4.15. The highest BCUT2D eigenvalue weighted by Crippen LogP contribution is 2.22. The molecule has 154 valence electrons. The molecule has 27 heavy (non-hydrogen) atoms. The van der Waals surface area contributed by atoms with E-state index in [1.165, 1.54) is 50.8 Å². The lowest BCUT2D eigenvalue weighted by molar-refractivity contribution is -0.119. The largest absolute Gasteiger partial charge is 0.303 e. The minimum Gasteiger partial charge on any atom is -0.303 e. The summed E-state index contributed by atoms with van der Waals surface area (Å²) >= 11 is 0. The highest BCUT2D eigenvalue weighted by molar-refractivity contribution is 5.78. The Morgan fingerprint density at radius 2 is 1.89 bits per heavy atom. The van der Waals surface area contributed by atoms with Crippen molar-refractivity contribution in [2.24, 2.45) is 5.92 Å². The molecule has 1 aliphatic rings. The van der Waals surface area contributed by atoms with E-state index in [2.05, 4.69) is 47.8 Å². The summed E-state index contributed by atoms with van der Waals surface area (Å²) in [7, 11) is 0. The van der Waals surface area contributed by atoms with Crippen LogP contribution in [0.25, 0.3) is 0 Å². The number of unbranched alkanes of at least 4 members (excludes halogenated alkanes) is 2.